The second kappa shape index (κ2) is 11.4. The molecule has 3 nitrogen and oxygen atoms in total. The van der Waals surface area contributed by atoms with Crippen molar-refractivity contribution in [2.24, 2.45) is 40.4 Å². The quantitative estimate of drug-likeness (QED) is 0.222. The molecule has 9 unspecified atom stereocenters. The molecule has 3 rings (SSSR count). The molecule has 3 fully saturated rings. The molecule has 33 heavy (non-hydrogen) atoms. The lowest BCUT2D eigenvalue weighted by Crippen LogP contribution is -2.45. The van der Waals surface area contributed by atoms with Crippen LogP contribution < -0.4 is 0 Å². The molecule has 0 bridgehead atoms. The summed E-state index contributed by atoms with van der Waals surface area (Å²) in [6, 6.07) is 0. The Bertz CT molecular complexity index is 655. The first-order valence-corrected chi connectivity index (χ1v) is 14.0. The summed E-state index contributed by atoms with van der Waals surface area (Å²) in [5.74, 6) is 3.76. The SMILES string of the molecule is C=CC(=O)CCCC1(C)CCC(OC)C2CC(CC)C(C)(C(C)C(C)CCC3CO3)CCC21. The van der Waals surface area contributed by atoms with Crippen LogP contribution >= 0.6 is 0 Å². The van der Waals surface area contributed by atoms with E-state index in [2.05, 4.69) is 41.2 Å². The van der Waals surface area contributed by atoms with Gasteiger partial charge in [-0.25, -0.2) is 0 Å². The van der Waals surface area contributed by atoms with Crippen LogP contribution in [0.15, 0.2) is 12.7 Å². The summed E-state index contributed by atoms with van der Waals surface area (Å²) in [5.41, 5.74) is 0.705. The van der Waals surface area contributed by atoms with Gasteiger partial charge in [-0.2, -0.15) is 0 Å². The lowest BCUT2D eigenvalue weighted by atomic mass is 9.58. The number of hydrogen-bond acceptors (Lipinski definition) is 3. The number of epoxide rings is 1. The largest absolute Gasteiger partial charge is 0.381 e. The van der Waals surface area contributed by atoms with Gasteiger partial charge in [0.25, 0.3) is 0 Å². The molecular formula is C30H52O3. The van der Waals surface area contributed by atoms with Crippen LogP contribution in [0.2, 0.25) is 0 Å². The molecule has 0 spiro atoms. The Morgan fingerprint density at radius 3 is 2.58 bits per heavy atom. The summed E-state index contributed by atoms with van der Waals surface area (Å²) in [6.07, 6.45) is 15.4. The molecule has 9 atom stereocenters. The van der Waals surface area contributed by atoms with E-state index in [1.807, 2.05) is 7.11 Å². The lowest BCUT2D eigenvalue weighted by molar-refractivity contribution is -0.115. The van der Waals surface area contributed by atoms with E-state index in [0.717, 1.165) is 37.2 Å². The second-order valence-corrected chi connectivity index (χ2v) is 12.4. The normalized spacial score (nSPS) is 40.4. The van der Waals surface area contributed by atoms with Gasteiger partial charge < -0.3 is 9.47 Å². The van der Waals surface area contributed by atoms with Crippen LogP contribution in [0, 0.1) is 40.4 Å². The van der Waals surface area contributed by atoms with E-state index in [-0.39, 0.29) is 5.78 Å². The summed E-state index contributed by atoms with van der Waals surface area (Å²) >= 11 is 0. The molecule has 0 aromatic carbocycles. The van der Waals surface area contributed by atoms with Gasteiger partial charge in [-0.3, -0.25) is 4.79 Å². The fourth-order valence-corrected chi connectivity index (χ4v) is 7.98. The molecule has 0 amide bonds. The number of methoxy groups -OCH3 is 1. The Morgan fingerprint density at radius 1 is 1.24 bits per heavy atom. The Morgan fingerprint density at radius 2 is 1.97 bits per heavy atom. The number of carbonyl (C=O) groups is 1. The first-order valence-electron chi connectivity index (χ1n) is 14.0. The summed E-state index contributed by atoms with van der Waals surface area (Å²) in [5, 5.41) is 0. The minimum absolute atomic E-state index is 0.194. The van der Waals surface area contributed by atoms with Crippen molar-refractivity contribution < 1.29 is 14.3 Å². The van der Waals surface area contributed by atoms with Gasteiger partial charge in [0, 0.05) is 13.5 Å². The van der Waals surface area contributed by atoms with E-state index in [1.165, 1.54) is 57.4 Å². The van der Waals surface area contributed by atoms with Crippen LogP contribution in [0.5, 0.6) is 0 Å². The van der Waals surface area contributed by atoms with Crippen molar-refractivity contribution in [1.82, 2.24) is 0 Å². The Kier molecular flexibility index (Phi) is 9.28. The molecule has 2 saturated carbocycles. The van der Waals surface area contributed by atoms with Gasteiger partial charge in [0.15, 0.2) is 5.78 Å². The average Bonchev–Trinajstić information content (AvgIpc) is 3.64. The van der Waals surface area contributed by atoms with Crippen molar-refractivity contribution >= 4 is 5.78 Å². The zero-order chi connectivity index (χ0) is 24.2. The van der Waals surface area contributed by atoms with Gasteiger partial charge in [-0.05, 0) is 104 Å². The van der Waals surface area contributed by atoms with Crippen molar-refractivity contribution in [3.8, 4) is 0 Å². The molecule has 3 aliphatic rings. The third-order valence-electron chi connectivity index (χ3n) is 10.8. The second-order valence-electron chi connectivity index (χ2n) is 12.4. The Hall–Kier alpha value is -0.670. The van der Waals surface area contributed by atoms with E-state index in [9.17, 15) is 4.79 Å². The molecule has 3 heteroatoms. The van der Waals surface area contributed by atoms with Gasteiger partial charge in [-0.15, -0.1) is 0 Å². The highest BCUT2D eigenvalue weighted by atomic mass is 16.6. The zero-order valence-corrected chi connectivity index (χ0v) is 22.5. The van der Waals surface area contributed by atoms with Gasteiger partial charge >= 0.3 is 0 Å². The highest BCUT2D eigenvalue weighted by Gasteiger charge is 2.52. The molecule has 0 radical (unpaired) electrons. The summed E-state index contributed by atoms with van der Waals surface area (Å²) in [7, 11) is 1.93. The Labute approximate surface area is 204 Å². The van der Waals surface area contributed by atoms with Crippen molar-refractivity contribution in [3.63, 3.8) is 0 Å². The van der Waals surface area contributed by atoms with E-state index < -0.39 is 0 Å². The molecule has 1 heterocycles. The number of carbonyl (C=O) groups excluding carboxylic acids is 1. The van der Waals surface area contributed by atoms with E-state index in [0.29, 0.717) is 41.3 Å². The predicted octanol–water partition coefficient (Wildman–Crippen LogP) is 7.63. The number of ketones is 1. The van der Waals surface area contributed by atoms with Crippen LogP contribution in [0.1, 0.15) is 105 Å². The molecule has 1 aliphatic heterocycles. The highest BCUT2D eigenvalue weighted by Crippen LogP contribution is 2.59. The number of rotatable bonds is 12. The fourth-order valence-electron chi connectivity index (χ4n) is 7.98. The van der Waals surface area contributed by atoms with Crippen LogP contribution in [0.25, 0.3) is 0 Å². The van der Waals surface area contributed by atoms with Crippen molar-refractivity contribution in [2.75, 3.05) is 13.7 Å². The average molecular weight is 461 g/mol. The smallest absolute Gasteiger partial charge is 0.155 e. The summed E-state index contributed by atoms with van der Waals surface area (Å²) < 4.78 is 11.6. The summed E-state index contributed by atoms with van der Waals surface area (Å²) in [6.45, 7) is 17.2. The third-order valence-corrected chi connectivity index (χ3v) is 10.8. The minimum Gasteiger partial charge on any atom is -0.381 e. The Balaban J connectivity index is 1.78. The predicted molar refractivity (Wildman–Crippen MR) is 137 cm³/mol. The molecule has 0 aromatic heterocycles. The molecule has 0 aromatic rings. The first-order chi connectivity index (χ1) is 15.7. The number of hydrogen-bond donors (Lipinski definition) is 0. The molecule has 0 N–H and O–H groups in total. The molecular weight excluding hydrogens is 408 g/mol. The lowest BCUT2D eigenvalue weighted by Gasteiger charge is -2.49. The third kappa shape index (κ3) is 6.13. The zero-order valence-electron chi connectivity index (χ0n) is 22.5. The van der Waals surface area contributed by atoms with E-state index in [4.69, 9.17) is 9.47 Å². The maximum atomic E-state index is 11.9. The topological polar surface area (TPSA) is 38.8 Å². The standard InChI is InChI=1S/C30H52O3/c1-8-23-19-26-27(14-18-30(23,6)22(4)21(3)12-13-25-20-33-25)29(5,17-15-28(26)32-7)16-10-11-24(31)9-2/h9,21-23,25-28H,2,8,10-20H2,1,3-7H3. The molecule has 2 aliphatic carbocycles. The highest BCUT2D eigenvalue weighted by molar-refractivity contribution is 5.88. The van der Waals surface area contributed by atoms with Crippen molar-refractivity contribution in [2.45, 2.75) is 117 Å². The van der Waals surface area contributed by atoms with E-state index >= 15 is 0 Å². The minimum atomic E-state index is 0.194. The maximum absolute atomic E-state index is 11.9. The van der Waals surface area contributed by atoms with Crippen LogP contribution in [0.4, 0.5) is 0 Å². The summed E-state index contributed by atoms with van der Waals surface area (Å²) in [4.78, 5) is 11.9. The van der Waals surface area contributed by atoms with Crippen LogP contribution in [-0.2, 0) is 14.3 Å². The van der Waals surface area contributed by atoms with Gasteiger partial charge in [0.1, 0.15) is 0 Å². The van der Waals surface area contributed by atoms with Gasteiger partial charge in [0.05, 0.1) is 18.8 Å². The van der Waals surface area contributed by atoms with Gasteiger partial charge in [-0.1, -0.05) is 47.6 Å². The van der Waals surface area contributed by atoms with E-state index in [1.54, 1.807) is 0 Å². The van der Waals surface area contributed by atoms with Crippen molar-refractivity contribution in [1.29, 1.82) is 0 Å². The fraction of sp³-hybridized carbons (Fsp3) is 0.900. The first kappa shape index (κ1) is 26.9. The monoisotopic (exact) mass is 460 g/mol. The van der Waals surface area contributed by atoms with Crippen LogP contribution in [-0.4, -0.2) is 31.7 Å². The number of allylic oxidation sites excluding steroid dienone is 1. The van der Waals surface area contributed by atoms with Crippen molar-refractivity contribution in [3.05, 3.63) is 12.7 Å². The maximum Gasteiger partial charge on any atom is 0.155 e. The van der Waals surface area contributed by atoms with Crippen LogP contribution in [0.3, 0.4) is 0 Å². The molecule has 190 valence electrons. The number of ether oxygens (including phenoxy) is 2. The molecule has 1 saturated heterocycles. The van der Waals surface area contributed by atoms with Gasteiger partial charge in [0.2, 0.25) is 0 Å². The number of fused-ring (bicyclic) bond motifs is 1.